The monoisotopic (exact) mass is 668 g/mol. The summed E-state index contributed by atoms with van der Waals surface area (Å²) in [5, 5.41) is 2.29. The Morgan fingerprint density at radius 2 is 1.33 bits per heavy atom. The smallest absolute Gasteiger partial charge is 0.241 e. The van der Waals surface area contributed by atoms with E-state index in [1.165, 1.54) is 55.3 Å². The molecule has 7 aromatic rings. The minimum absolute atomic E-state index is 0.0226. The predicted octanol–water partition coefficient (Wildman–Crippen LogP) is 11.6. The molecular weight excluding hydrogens is 627 g/mol. The van der Waals surface area contributed by atoms with E-state index in [9.17, 15) is 0 Å². The summed E-state index contributed by atoms with van der Waals surface area (Å²) < 4.78 is 6.12. The third-order valence-electron chi connectivity index (χ3n) is 10.3. The summed E-state index contributed by atoms with van der Waals surface area (Å²) in [6.07, 6.45) is 16.0. The molecule has 0 bridgehead atoms. The first-order valence-electron chi connectivity index (χ1n) is 18.2. The van der Waals surface area contributed by atoms with Gasteiger partial charge in [-0.15, -0.1) is 0 Å². The standard InChI is InChI=1S/C50H41BO/c1-4-13-36(14-5-2)38-21-26-43(27-22-38)51(45-32-41(37-16-7-6-8-17-37)31-42(33-45)46-18-10-9-15-35(46)3)44-28-23-39(24-29-44)40-25-30-50-48(34-40)47-19-11-12-20-49(47)52-50/h4-14,16-35H,1,15H2,2-3H3/b14-5-,36-13+. The lowest BCUT2D eigenvalue weighted by Crippen LogP contribution is -2.52. The highest BCUT2D eigenvalue weighted by molar-refractivity contribution is 6.95. The van der Waals surface area contributed by atoms with Gasteiger partial charge in [0.25, 0.3) is 0 Å². The minimum Gasteiger partial charge on any atom is -0.456 e. The normalized spacial score (nSPS) is 14.6. The van der Waals surface area contributed by atoms with Crippen LogP contribution in [0.5, 0.6) is 0 Å². The van der Waals surface area contributed by atoms with E-state index in [1.54, 1.807) is 0 Å². The number of fused-ring (bicyclic) bond motifs is 3. The van der Waals surface area contributed by atoms with Crippen molar-refractivity contribution in [3.63, 3.8) is 0 Å². The van der Waals surface area contributed by atoms with E-state index in [0.717, 1.165) is 33.9 Å². The van der Waals surface area contributed by atoms with Crippen LogP contribution in [-0.2, 0) is 0 Å². The lowest BCUT2D eigenvalue weighted by molar-refractivity contribution is 0.669. The van der Waals surface area contributed by atoms with Crippen molar-refractivity contribution in [3.05, 3.63) is 200 Å². The van der Waals surface area contributed by atoms with Gasteiger partial charge in [0.2, 0.25) is 6.71 Å². The van der Waals surface area contributed by atoms with Gasteiger partial charge in [0.1, 0.15) is 11.2 Å². The van der Waals surface area contributed by atoms with Crippen molar-refractivity contribution in [1.29, 1.82) is 0 Å². The van der Waals surface area contributed by atoms with Gasteiger partial charge in [0, 0.05) is 10.8 Å². The van der Waals surface area contributed by atoms with Crippen LogP contribution in [0.1, 0.15) is 31.4 Å². The van der Waals surface area contributed by atoms with Gasteiger partial charge in [-0.05, 0) is 88.1 Å². The molecule has 0 fully saturated rings. The number of hydrogen-bond donors (Lipinski definition) is 0. The van der Waals surface area contributed by atoms with Gasteiger partial charge in [-0.25, -0.2) is 0 Å². The quantitative estimate of drug-likeness (QED) is 0.110. The Labute approximate surface area is 307 Å². The molecule has 0 saturated heterocycles. The maximum atomic E-state index is 6.12. The zero-order chi connectivity index (χ0) is 35.4. The first-order chi connectivity index (χ1) is 25.6. The second kappa shape index (κ2) is 14.6. The highest BCUT2D eigenvalue weighted by Gasteiger charge is 2.25. The third kappa shape index (κ3) is 6.56. The Hall–Kier alpha value is -6.12. The van der Waals surface area contributed by atoms with Crippen molar-refractivity contribution >= 4 is 56.2 Å². The minimum atomic E-state index is 0.0226. The van der Waals surface area contributed by atoms with Crippen LogP contribution in [0.25, 0.3) is 55.3 Å². The number of rotatable bonds is 9. The zero-order valence-electron chi connectivity index (χ0n) is 29.8. The maximum Gasteiger partial charge on any atom is 0.241 e. The average Bonchev–Trinajstić information content (AvgIpc) is 3.57. The highest BCUT2D eigenvalue weighted by atomic mass is 16.3. The van der Waals surface area contributed by atoms with Crippen molar-refractivity contribution in [1.82, 2.24) is 0 Å². The van der Waals surface area contributed by atoms with E-state index < -0.39 is 0 Å². The van der Waals surface area contributed by atoms with Crippen LogP contribution in [0.15, 0.2) is 193 Å². The lowest BCUT2D eigenvalue weighted by atomic mass is 9.36. The number of benzene rings is 6. The fraction of sp³-hybridized carbons (Fsp3) is 0.0800. The van der Waals surface area contributed by atoms with Crippen molar-refractivity contribution in [3.8, 4) is 22.3 Å². The fourth-order valence-electron chi connectivity index (χ4n) is 7.68. The molecule has 1 heterocycles. The number of para-hydroxylation sites is 1. The van der Waals surface area contributed by atoms with E-state index >= 15 is 0 Å². The van der Waals surface area contributed by atoms with Gasteiger partial charge in [-0.1, -0.05) is 188 Å². The van der Waals surface area contributed by atoms with Gasteiger partial charge in [-0.3, -0.25) is 0 Å². The molecule has 1 unspecified atom stereocenters. The first kappa shape index (κ1) is 33.1. The molecule has 0 N–H and O–H groups in total. The van der Waals surface area contributed by atoms with Crippen LogP contribution >= 0.6 is 0 Å². The summed E-state index contributed by atoms with van der Waals surface area (Å²) >= 11 is 0. The van der Waals surface area contributed by atoms with Crippen LogP contribution in [0.2, 0.25) is 0 Å². The van der Waals surface area contributed by atoms with E-state index in [-0.39, 0.29) is 6.71 Å². The van der Waals surface area contributed by atoms with Crippen molar-refractivity contribution in [2.75, 3.05) is 0 Å². The Morgan fingerprint density at radius 3 is 2.08 bits per heavy atom. The zero-order valence-corrected chi connectivity index (χ0v) is 29.8. The maximum absolute atomic E-state index is 6.12. The molecule has 1 atom stereocenters. The summed E-state index contributed by atoms with van der Waals surface area (Å²) in [7, 11) is 0. The molecule has 1 nitrogen and oxygen atoms in total. The molecule has 0 radical (unpaired) electrons. The lowest BCUT2D eigenvalue weighted by Gasteiger charge is -2.22. The summed E-state index contributed by atoms with van der Waals surface area (Å²) in [5.41, 5.74) is 15.4. The summed E-state index contributed by atoms with van der Waals surface area (Å²) in [6, 6.07) is 51.0. The molecule has 0 amide bonds. The SMILES string of the molecule is C=C/C=C(\C=C/C)c1ccc(B(c2ccc(-c3ccc4oc5ccccc5c4c3)cc2)c2cc(C3=CC=CCC3C)cc(-c3ccccc3)c2)cc1. The molecule has 1 aromatic heterocycles. The number of allylic oxidation sites excluding steroid dienone is 9. The number of hydrogen-bond acceptors (Lipinski definition) is 1. The van der Waals surface area contributed by atoms with E-state index in [2.05, 4.69) is 184 Å². The van der Waals surface area contributed by atoms with Gasteiger partial charge < -0.3 is 4.42 Å². The Bertz CT molecular complexity index is 2510. The molecule has 6 aromatic carbocycles. The average molecular weight is 669 g/mol. The topological polar surface area (TPSA) is 13.1 Å². The Morgan fingerprint density at radius 1 is 0.654 bits per heavy atom. The first-order valence-corrected chi connectivity index (χ1v) is 18.2. The van der Waals surface area contributed by atoms with Crippen LogP contribution in [-0.4, -0.2) is 6.71 Å². The van der Waals surface area contributed by atoms with Crippen molar-refractivity contribution in [2.24, 2.45) is 5.92 Å². The van der Waals surface area contributed by atoms with Crippen molar-refractivity contribution < 1.29 is 4.42 Å². The van der Waals surface area contributed by atoms with Gasteiger partial charge in [0.05, 0.1) is 0 Å². The number of furan rings is 1. The molecule has 2 heteroatoms. The van der Waals surface area contributed by atoms with E-state index in [0.29, 0.717) is 5.92 Å². The van der Waals surface area contributed by atoms with Crippen molar-refractivity contribution in [2.45, 2.75) is 20.3 Å². The predicted molar refractivity (Wildman–Crippen MR) is 226 cm³/mol. The molecule has 0 aliphatic heterocycles. The molecule has 250 valence electrons. The molecule has 1 aliphatic carbocycles. The highest BCUT2D eigenvalue weighted by Crippen LogP contribution is 2.33. The van der Waals surface area contributed by atoms with Crippen LogP contribution in [0.4, 0.5) is 0 Å². The summed E-state index contributed by atoms with van der Waals surface area (Å²) in [4.78, 5) is 0. The Kier molecular flexibility index (Phi) is 9.30. The fourth-order valence-corrected chi connectivity index (χ4v) is 7.68. The van der Waals surface area contributed by atoms with E-state index in [1.807, 2.05) is 18.2 Å². The largest absolute Gasteiger partial charge is 0.456 e. The molecule has 0 spiro atoms. The third-order valence-corrected chi connectivity index (χ3v) is 10.3. The Balaban J connectivity index is 1.27. The summed E-state index contributed by atoms with van der Waals surface area (Å²) in [6.45, 7) is 8.36. The van der Waals surface area contributed by atoms with Gasteiger partial charge in [0.15, 0.2) is 0 Å². The van der Waals surface area contributed by atoms with Gasteiger partial charge >= 0.3 is 0 Å². The van der Waals surface area contributed by atoms with Gasteiger partial charge in [-0.2, -0.15) is 0 Å². The van der Waals surface area contributed by atoms with Crippen LogP contribution < -0.4 is 16.4 Å². The molecule has 1 aliphatic rings. The molecular formula is C50H41BO. The molecule has 8 rings (SSSR count). The second-order valence-corrected chi connectivity index (χ2v) is 13.7. The second-order valence-electron chi connectivity index (χ2n) is 13.7. The summed E-state index contributed by atoms with van der Waals surface area (Å²) in [5.74, 6) is 0.451. The molecule has 52 heavy (non-hydrogen) atoms. The molecule has 0 saturated carbocycles. The van der Waals surface area contributed by atoms with Crippen LogP contribution in [0.3, 0.4) is 0 Å². The van der Waals surface area contributed by atoms with E-state index in [4.69, 9.17) is 4.42 Å². The van der Waals surface area contributed by atoms with Crippen LogP contribution in [0, 0.1) is 5.92 Å².